The molecular weight excluding hydrogens is 408 g/mol. The Kier molecular flexibility index (Phi) is 7.78. The second-order valence-corrected chi connectivity index (χ2v) is 8.43. The lowest BCUT2D eigenvalue weighted by Gasteiger charge is -2.29. The van der Waals surface area contributed by atoms with Crippen LogP contribution in [0.15, 0.2) is 24.3 Å². The van der Waals surface area contributed by atoms with E-state index in [4.69, 9.17) is 9.47 Å². The van der Waals surface area contributed by atoms with Crippen molar-refractivity contribution in [3.05, 3.63) is 52.1 Å². The first-order valence-corrected chi connectivity index (χ1v) is 11.4. The van der Waals surface area contributed by atoms with Gasteiger partial charge in [0.15, 0.2) is 6.10 Å². The van der Waals surface area contributed by atoms with Gasteiger partial charge in [-0.25, -0.2) is 0 Å². The van der Waals surface area contributed by atoms with Crippen LogP contribution in [0.5, 0.6) is 17.2 Å². The summed E-state index contributed by atoms with van der Waals surface area (Å²) in [4.78, 5) is 25.8. The number of aromatic hydroxyl groups is 2. The Morgan fingerprint density at radius 1 is 0.906 bits per heavy atom. The topological polar surface area (TPSA) is 93.1 Å². The van der Waals surface area contributed by atoms with Crippen molar-refractivity contribution in [3.63, 3.8) is 0 Å². The van der Waals surface area contributed by atoms with Crippen molar-refractivity contribution < 1.29 is 29.3 Å². The van der Waals surface area contributed by atoms with Crippen molar-refractivity contribution in [3.8, 4) is 17.2 Å². The molecule has 0 saturated heterocycles. The van der Waals surface area contributed by atoms with Crippen LogP contribution in [-0.2, 0) is 9.53 Å². The van der Waals surface area contributed by atoms with Crippen LogP contribution in [0.25, 0.3) is 0 Å². The van der Waals surface area contributed by atoms with E-state index in [9.17, 15) is 19.8 Å². The normalized spacial score (nSPS) is 14.6. The molecule has 0 fully saturated rings. The van der Waals surface area contributed by atoms with E-state index in [1.165, 1.54) is 44.9 Å². The number of carbonyl (C=O) groups is 2. The van der Waals surface area contributed by atoms with Gasteiger partial charge in [-0.1, -0.05) is 51.5 Å². The van der Waals surface area contributed by atoms with Crippen molar-refractivity contribution >= 4 is 11.8 Å². The molecule has 1 aliphatic carbocycles. The summed E-state index contributed by atoms with van der Waals surface area (Å²) in [6.45, 7) is 3.97. The van der Waals surface area contributed by atoms with E-state index in [1.807, 2.05) is 0 Å². The van der Waals surface area contributed by atoms with Crippen LogP contribution in [-0.4, -0.2) is 29.1 Å². The lowest BCUT2D eigenvalue weighted by atomic mass is 9.81. The number of esters is 1. The highest BCUT2D eigenvalue weighted by Gasteiger charge is 2.38. The molecule has 0 bridgehead atoms. The maximum Gasteiger partial charge on any atom is 0.306 e. The maximum atomic E-state index is 13.1. The molecule has 0 saturated carbocycles. The second kappa shape index (κ2) is 10.5. The molecule has 0 spiro atoms. The van der Waals surface area contributed by atoms with Gasteiger partial charge in [0.2, 0.25) is 5.78 Å². The monoisotopic (exact) mass is 440 g/mol. The van der Waals surface area contributed by atoms with Crippen LogP contribution < -0.4 is 4.74 Å². The molecule has 6 nitrogen and oxygen atoms in total. The van der Waals surface area contributed by atoms with E-state index in [0.717, 1.165) is 24.8 Å². The molecule has 0 unspecified atom stereocenters. The number of methoxy groups -OCH3 is 1. The number of benzene rings is 2. The van der Waals surface area contributed by atoms with Crippen molar-refractivity contribution in [1.29, 1.82) is 0 Å². The van der Waals surface area contributed by atoms with Crippen LogP contribution in [0.2, 0.25) is 0 Å². The minimum atomic E-state index is -0.915. The van der Waals surface area contributed by atoms with Gasteiger partial charge in [0.05, 0.1) is 18.2 Å². The number of fused-ring (bicyclic) bond motifs is 2. The number of ketones is 1. The largest absolute Gasteiger partial charge is 0.507 e. The van der Waals surface area contributed by atoms with Gasteiger partial charge in [0, 0.05) is 23.6 Å². The number of hydrogen-bond donors (Lipinski definition) is 2. The van der Waals surface area contributed by atoms with Crippen molar-refractivity contribution in [2.75, 3.05) is 7.11 Å². The van der Waals surface area contributed by atoms with E-state index >= 15 is 0 Å². The summed E-state index contributed by atoms with van der Waals surface area (Å²) in [6.07, 6.45) is 6.98. The molecule has 2 aromatic carbocycles. The first-order chi connectivity index (χ1) is 15.4. The summed E-state index contributed by atoms with van der Waals surface area (Å²) >= 11 is 0. The molecule has 6 heteroatoms. The summed E-state index contributed by atoms with van der Waals surface area (Å²) in [5, 5.41) is 21.0. The highest BCUT2D eigenvalue weighted by molar-refractivity contribution is 6.16. The number of unbranched alkanes of at least 4 members (excludes halogenated alkanes) is 6. The van der Waals surface area contributed by atoms with Crippen molar-refractivity contribution in [2.45, 2.75) is 71.3 Å². The van der Waals surface area contributed by atoms with Gasteiger partial charge >= 0.3 is 5.97 Å². The van der Waals surface area contributed by atoms with E-state index in [0.29, 0.717) is 16.9 Å². The van der Waals surface area contributed by atoms with Gasteiger partial charge in [0.25, 0.3) is 0 Å². The number of phenolic OH excluding ortho intramolecular Hbond substituents is 2. The van der Waals surface area contributed by atoms with Gasteiger partial charge in [-0.05, 0) is 31.0 Å². The third kappa shape index (κ3) is 5.06. The van der Waals surface area contributed by atoms with Crippen molar-refractivity contribution in [2.24, 2.45) is 0 Å². The Morgan fingerprint density at radius 3 is 2.16 bits per heavy atom. The zero-order chi connectivity index (χ0) is 23.3. The minimum Gasteiger partial charge on any atom is -0.507 e. The molecule has 0 heterocycles. The molecule has 0 aromatic heterocycles. The molecule has 0 aliphatic heterocycles. The molecule has 32 heavy (non-hydrogen) atoms. The van der Waals surface area contributed by atoms with E-state index in [2.05, 4.69) is 6.92 Å². The lowest BCUT2D eigenvalue weighted by molar-refractivity contribution is -0.147. The Labute approximate surface area is 189 Å². The highest BCUT2D eigenvalue weighted by Crippen LogP contribution is 2.45. The molecule has 3 rings (SSSR count). The van der Waals surface area contributed by atoms with Gasteiger partial charge in [-0.2, -0.15) is 0 Å². The standard InChI is InChI=1S/C26H32O6/c1-4-5-6-7-8-9-10-11-22(29)32-26-18-12-16(2)13-20(27)23(18)25(30)24-19(26)14-17(31-3)15-21(24)28/h12-15,26-28H,4-11H2,1-3H3/t26-/m1/s1. The third-order valence-corrected chi connectivity index (χ3v) is 5.90. The van der Waals surface area contributed by atoms with E-state index < -0.39 is 11.9 Å². The van der Waals surface area contributed by atoms with Gasteiger partial charge in [-0.15, -0.1) is 0 Å². The fraction of sp³-hybridized carbons (Fsp3) is 0.462. The molecule has 0 radical (unpaired) electrons. The Morgan fingerprint density at radius 2 is 1.50 bits per heavy atom. The van der Waals surface area contributed by atoms with Crippen LogP contribution in [0.3, 0.4) is 0 Å². The zero-order valence-electron chi connectivity index (χ0n) is 19.1. The number of aryl methyl sites for hydroxylation is 1. The summed E-state index contributed by atoms with van der Waals surface area (Å²) < 4.78 is 11.1. The number of hydrogen-bond acceptors (Lipinski definition) is 6. The summed E-state index contributed by atoms with van der Waals surface area (Å²) in [7, 11) is 1.46. The average molecular weight is 441 g/mol. The average Bonchev–Trinajstić information content (AvgIpc) is 2.74. The molecule has 0 amide bonds. The van der Waals surface area contributed by atoms with Gasteiger partial charge < -0.3 is 19.7 Å². The first kappa shape index (κ1) is 23.6. The number of rotatable bonds is 10. The predicted octanol–water partition coefficient (Wildman–Crippen LogP) is 5.73. The van der Waals surface area contributed by atoms with E-state index in [1.54, 1.807) is 19.1 Å². The fourth-order valence-corrected chi connectivity index (χ4v) is 4.28. The molecule has 1 aliphatic rings. The van der Waals surface area contributed by atoms with Crippen LogP contribution in [0, 0.1) is 6.92 Å². The minimum absolute atomic E-state index is 0.0196. The SMILES string of the molecule is CCCCCCCCCC(=O)O[C@@H]1c2cc(C)cc(O)c2C(=O)c2c(O)cc(OC)cc21. The fourth-order valence-electron chi connectivity index (χ4n) is 4.28. The Hall–Kier alpha value is -3.02. The molecular formula is C26H32O6. The van der Waals surface area contributed by atoms with Gasteiger partial charge in [-0.3, -0.25) is 9.59 Å². The number of carbonyl (C=O) groups excluding carboxylic acids is 2. The second-order valence-electron chi connectivity index (χ2n) is 8.43. The lowest BCUT2D eigenvalue weighted by Crippen LogP contribution is -2.24. The Balaban J connectivity index is 1.84. The molecule has 2 N–H and O–H groups in total. The van der Waals surface area contributed by atoms with Gasteiger partial charge in [0.1, 0.15) is 17.2 Å². The summed E-state index contributed by atoms with van der Waals surface area (Å²) in [5.41, 5.74) is 1.58. The molecule has 1 atom stereocenters. The summed E-state index contributed by atoms with van der Waals surface area (Å²) in [6, 6.07) is 6.16. The Bertz CT molecular complexity index is 994. The third-order valence-electron chi connectivity index (χ3n) is 5.90. The predicted molar refractivity (Wildman–Crippen MR) is 121 cm³/mol. The number of phenols is 2. The highest BCUT2D eigenvalue weighted by atomic mass is 16.5. The number of ether oxygens (including phenoxy) is 2. The zero-order valence-corrected chi connectivity index (χ0v) is 19.1. The first-order valence-electron chi connectivity index (χ1n) is 11.4. The van der Waals surface area contributed by atoms with Crippen LogP contribution in [0.4, 0.5) is 0 Å². The maximum absolute atomic E-state index is 13.1. The molecule has 172 valence electrons. The summed E-state index contributed by atoms with van der Waals surface area (Å²) in [5.74, 6) is -1.00. The smallest absolute Gasteiger partial charge is 0.306 e. The van der Waals surface area contributed by atoms with Crippen molar-refractivity contribution in [1.82, 2.24) is 0 Å². The van der Waals surface area contributed by atoms with Crippen LogP contribution in [0.1, 0.15) is 97.0 Å². The van der Waals surface area contributed by atoms with E-state index in [-0.39, 0.29) is 35.0 Å². The molecule has 2 aromatic rings. The quantitative estimate of drug-likeness (QED) is 0.362. The van der Waals surface area contributed by atoms with Crippen LogP contribution >= 0.6 is 0 Å².